The summed E-state index contributed by atoms with van der Waals surface area (Å²) < 4.78 is 0. The van der Waals surface area contributed by atoms with Gasteiger partial charge in [0.05, 0.1) is 16.1 Å². The number of anilines is 2. The van der Waals surface area contributed by atoms with Crippen LogP contribution in [0.3, 0.4) is 0 Å². The first-order valence-electron chi connectivity index (χ1n) is 7.05. The van der Waals surface area contributed by atoms with Crippen LogP contribution in [-0.2, 0) is 9.59 Å². The second-order valence-electron chi connectivity index (χ2n) is 5.52. The zero-order valence-electron chi connectivity index (χ0n) is 12.0. The van der Waals surface area contributed by atoms with Gasteiger partial charge in [-0.25, -0.2) is 0 Å². The third-order valence-corrected chi connectivity index (χ3v) is 4.28. The largest absolute Gasteiger partial charge is 0.329 e. The molecule has 1 aromatic rings. The van der Waals surface area contributed by atoms with Gasteiger partial charge in [0.2, 0.25) is 11.8 Å². The minimum Gasteiger partial charge on any atom is -0.329 e. The van der Waals surface area contributed by atoms with Crippen LogP contribution in [0.15, 0.2) is 18.2 Å². The lowest BCUT2D eigenvalue weighted by atomic mass is 9.85. The van der Waals surface area contributed by atoms with Crippen molar-refractivity contribution < 1.29 is 9.59 Å². The van der Waals surface area contributed by atoms with Gasteiger partial charge in [-0.1, -0.05) is 24.4 Å². The molecule has 1 aliphatic carbocycles. The van der Waals surface area contributed by atoms with Crippen molar-refractivity contribution in [3.63, 3.8) is 0 Å². The number of hydrogen-bond donors (Lipinski definition) is 3. The van der Waals surface area contributed by atoms with Gasteiger partial charge in [0.25, 0.3) is 0 Å². The molecule has 0 saturated heterocycles. The van der Waals surface area contributed by atoms with Crippen molar-refractivity contribution in [3.8, 4) is 0 Å². The van der Waals surface area contributed by atoms with E-state index >= 15 is 0 Å². The molecule has 6 heteroatoms. The summed E-state index contributed by atoms with van der Waals surface area (Å²) in [5, 5.41) is 5.89. The monoisotopic (exact) mass is 309 g/mol. The molecular formula is C15H20ClN3O2. The predicted molar refractivity (Wildman–Crippen MR) is 84.3 cm³/mol. The molecule has 1 aliphatic rings. The number of rotatable bonds is 4. The van der Waals surface area contributed by atoms with Gasteiger partial charge in [0.1, 0.15) is 0 Å². The molecular weight excluding hydrogens is 290 g/mol. The van der Waals surface area contributed by atoms with Crippen LogP contribution < -0.4 is 16.4 Å². The van der Waals surface area contributed by atoms with E-state index < -0.39 is 5.41 Å². The third-order valence-electron chi connectivity index (χ3n) is 3.97. The number of carbonyl (C=O) groups is 2. The van der Waals surface area contributed by atoms with E-state index in [9.17, 15) is 9.59 Å². The van der Waals surface area contributed by atoms with Gasteiger partial charge in [0, 0.05) is 19.2 Å². The van der Waals surface area contributed by atoms with Gasteiger partial charge in [-0.05, 0) is 31.0 Å². The molecule has 1 aromatic carbocycles. The molecule has 0 aromatic heterocycles. The summed E-state index contributed by atoms with van der Waals surface area (Å²) >= 11 is 6.09. The van der Waals surface area contributed by atoms with E-state index in [2.05, 4.69) is 10.6 Å². The molecule has 0 aliphatic heterocycles. The van der Waals surface area contributed by atoms with Crippen molar-refractivity contribution in [2.75, 3.05) is 17.2 Å². The molecule has 0 radical (unpaired) electrons. The zero-order chi connectivity index (χ0) is 15.5. The van der Waals surface area contributed by atoms with E-state index in [1.807, 2.05) is 0 Å². The molecule has 2 amide bonds. The molecule has 2 rings (SSSR count). The third kappa shape index (κ3) is 3.54. The summed E-state index contributed by atoms with van der Waals surface area (Å²) in [5.41, 5.74) is 6.48. The topological polar surface area (TPSA) is 84.2 Å². The van der Waals surface area contributed by atoms with E-state index in [0.717, 1.165) is 25.7 Å². The Kier molecular flexibility index (Phi) is 4.85. The molecule has 0 bridgehead atoms. The molecule has 0 spiro atoms. The average molecular weight is 310 g/mol. The van der Waals surface area contributed by atoms with Crippen molar-refractivity contribution in [2.24, 2.45) is 11.1 Å². The lowest BCUT2D eigenvalue weighted by Crippen LogP contribution is -2.40. The standard InChI is InChI=1S/C15H20ClN3O2/c1-10(20)18-13-5-4-11(8-12(13)16)19-14(21)15(9-17)6-2-3-7-15/h4-5,8H,2-3,6-7,9,17H2,1H3,(H,18,20)(H,19,21). The fourth-order valence-corrected chi connectivity index (χ4v) is 2.95. The average Bonchev–Trinajstić information content (AvgIpc) is 2.91. The summed E-state index contributed by atoms with van der Waals surface area (Å²) in [4.78, 5) is 23.5. The number of nitrogens with one attached hydrogen (secondary N) is 2. The highest BCUT2D eigenvalue weighted by Crippen LogP contribution is 2.38. The second kappa shape index (κ2) is 6.45. The Morgan fingerprint density at radius 1 is 1.29 bits per heavy atom. The molecule has 0 heterocycles. The number of nitrogens with two attached hydrogens (primary N) is 1. The normalized spacial score (nSPS) is 16.5. The minimum absolute atomic E-state index is 0.0501. The predicted octanol–water partition coefficient (Wildman–Crippen LogP) is 2.76. The van der Waals surface area contributed by atoms with Crippen LogP contribution in [0, 0.1) is 5.41 Å². The van der Waals surface area contributed by atoms with E-state index in [1.54, 1.807) is 18.2 Å². The second-order valence-corrected chi connectivity index (χ2v) is 5.93. The summed E-state index contributed by atoms with van der Waals surface area (Å²) in [6.07, 6.45) is 3.72. The number of hydrogen-bond acceptors (Lipinski definition) is 3. The quantitative estimate of drug-likeness (QED) is 0.799. The maximum absolute atomic E-state index is 12.4. The number of halogens is 1. The van der Waals surface area contributed by atoms with E-state index in [0.29, 0.717) is 22.9 Å². The highest BCUT2D eigenvalue weighted by Gasteiger charge is 2.39. The highest BCUT2D eigenvalue weighted by atomic mass is 35.5. The SMILES string of the molecule is CC(=O)Nc1ccc(NC(=O)C2(CN)CCCC2)cc1Cl. The Morgan fingerprint density at radius 2 is 1.95 bits per heavy atom. The maximum Gasteiger partial charge on any atom is 0.231 e. The molecule has 21 heavy (non-hydrogen) atoms. The van der Waals surface area contributed by atoms with Crippen LogP contribution in [0.2, 0.25) is 5.02 Å². The van der Waals surface area contributed by atoms with Crippen molar-refractivity contribution >= 4 is 34.8 Å². The van der Waals surface area contributed by atoms with E-state index in [1.165, 1.54) is 6.92 Å². The molecule has 114 valence electrons. The molecule has 5 nitrogen and oxygen atoms in total. The lowest BCUT2D eigenvalue weighted by Gasteiger charge is -2.25. The maximum atomic E-state index is 12.4. The lowest BCUT2D eigenvalue weighted by molar-refractivity contribution is -0.124. The summed E-state index contributed by atoms with van der Waals surface area (Å²) in [6, 6.07) is 5.02. The summed E-state index contributed by atoms with van der Waals surface area (Å²) in [7, 11) is 0. The Bertz CT molecular complexity index is 554. The molecule has 1 fully saturated rings. The van der Waals surface area contributed by atoms with Gasteiger partial charge in [-0.3, -0.25) is 9.59 Å². The van der Waals surface area contributed by atoms with E-state index in [-0.39, 0.29) is 11.8 Å². The van der Waals surface area contributed by atoms with Gasteiger partial charge in [-0.15, -0.1) is 0 Å². The van der Waals surface area contributed by atoms with Gasteiger partial charge in [0.15, 0.2) is 0 Å². The van der Waals surface area contributed by atoms with Gasteiger partial charge in [-0.2, -0.15) is 0 Å². The smallest absolute Gasteiger partial charge is 0.231 e. The van der Waals surface area contributed by atoms with Crippen molar-refractivity contribution in [1.29, 1.82) is 0 Å². The zero-order valence-corrected chi connectivity index (χ0v) is 12.8. The van der Waals surface area contributed by atoms with Crippen LogP contribution in [0.5, 0.6) is 0 Å². The Morgan fingerprint density at radius 3 is 2.48 bits per heavy atom. The molecule has 4 N–H and O–H groups in total. The van der Waals surface area contributed by atoms with Gasteiger partial charge >= 0.3 is 0 Å². The number of amides is 2. The van der Waals surface area contributed by atoms with Crippen LogP contribution >= 0.6 is 11.6 Å². The fourth-order valence-electron chi connectivity index (χ4n) is 2.72. The van der Waals surface area contributed by atoms with Crippen LogP contribution in [0.4, 0.5) is 11.4 Å². The van der Waals surface area contributed by atoms with Crippen LogP contribution in [0.25, 0.3) is 0 Å². The van der Waals surface area contributed by atoms with E-state index in [4.69, 9.17) is 17.3 Å². The fraction of sp³-hybridized carbons (Fsp3) is 0.467. The van der Waals surface area contributed by atoms with Crippen molar-refractivity contribution in [3.05, 3.63) is 23.2 Å². The Labute approximate surface area is 129 Å². The van der Waals surface area contributed by atoms with Crippen LogP contribution in [0.1, 0.15) is 32.6 Å². The molecule has 0 atom stereocenters. The summed E-state index contributed by atoms with van der Waals surface area (Å²) in [5.74, 6) is -0.243. The minimum atomic E-state index is -0.456. The summed E-state index contributed by atoms with van der Waals surface area (Å²) in [6.45, 7) is 1.77. The number of carbonyl (C=O) groups excluding carboxylic acids is 2. The first kappa shape index (κ1) is 15.8. The Balaban J connectivity index is 2.11. The first-order chi connectivity index (χ1) is 9.97. The first-order valence-corrected chi connectivity index (χ1v) is 7.43. The van der Waals surface area contributed by atoms with Crippen LogP contribution in [-0.4, -0.2) is 18.4 Å². The van der Waals surface area contributed by atoms with Crippen molar-refractivity contribution in [2.45, 2.75) is 32.6 Å². The molecule has 0 unspecified atom stereocenters. The highest BCUT2D eigenvalue weighted by molar-refractivity contribution is 6.34. The Hall–Kier alpha value is -1.59. The molecule has 1 saturated carbocycles. The number of benzene rings is 1. The van der Waals surface area contributed by atoms with Crippen molar-refractivity contribution in [1.82, 2.24) is 0 Å². The van der Waals surface area contributed by atoms with Gasteiger partial charge < -0.3 is 16.4 Å².